The third kappa shape index (κ3) is 9.41. The molecule has 0 saturated heterocycles. The second kappa shape index (κ2) is 17.6. The van der Waals surface area contributed by atoms with Crippen LogP contribution in [0.1, 0.15) is 114 Å². The van der Waals surface area contributed by atoms with Crippen molar-refractivity contribution in [2.75, 3.05) is 6.79 Å². The van der Waals surface area contributed by atoms with E-state index < -0.39 is 88.8 Å². The maximum Gasteiger partial charge on any atom is 0.417 e. The normalized spacial score (nSPS) is 20.0. The predicted octanol–water partition coefficient (Wildman–Crippen LogP) is 10.9. The molecular formula is C47H54F7N5O6. The summed E-state index contributed by atoms with van der Waals surface area (Å²) in [4.78, 5) is 42.0. The van der Waals surface area contributed by atoms with Crippen molar-refractivity contribution in [1.82, 2.24) is 24.9 Å². The first-order valence-electron chi connectivity index (χ1n) is 21.3. The average molecular weight is 918 g/mol. The second-order valence-corrected chi connectivity index (χ2v) is 18.3. The van der Waals surface area contributed by atoms with E-state index in [1.807, 2.05) is 32.0 Å². The van der Waals surface area contributed by atoms with Gasteiger partial charge in [-0.25, -0.2) is 23.5 Å². The lowest BCUT2D eigenvalue weighted by Crippen LogP contribution is -2.50. The Morgan fingerprint density at radius 2 is 1.55 bits per heavy atom. The van der Waals surface area contributed by atoms with E-state index in [0.717, 1.165) is 27.8 Å². The van der Waals surface area contributed by atoms with Gasteiger partial charge in [0.2, 0.25) is 6.79 Å². The van der Waals surface area contributed by atoms with Crippen LogP contribution in [-0.4, -0.2) is 61.7 Å². The first kappa shape index (κ1) is 48.8. The number of rotatable bonds is 11. The lowest BCUT2D eigenvalue weighted by Gasteiger charge is -2.40. The lowest BCUT2D eigenvalue weighted by atomic mass is 9.75. The number of nitrogens with one attached hydrogen (secondary N) is 1. The van der Waals surface area contributed by atoms with Crippen LogP contribution in [0.25, 0.3) is 11.3 Å². The molecule has 0 spiro atoms. The maximum absolute atomic E-state index is 16.4. The summed E-state index contributed by atoms with van der Waals surface area (Å²) in [5, 5.41) is 7.64. The van der Waals surface area contributed by atoms with Gasteiger partial charge in [0, 0.05) is 30.8 Å². The van der Waals surface area contributed by atoms with E-state index in [1.165, 1.54) is 19.2 Å². The van der Waals surface area contributed by atoms with Gasteiger partial charge in [0.15, 0.2) is 0 Å². The summed E-state index contributed by atoms with van der Waals surface area (Å²) in [5.74, 6) is -2.93. The fourth-order valence-corrected chi connectivity index (χ4v) is 8.67. The number of esters is 1. The molecule has 0 bridgehead atoms. The van der Waals surface area contributed by atoms with E-state index >= 15 is 4.39 Å². The largest absolute Gasteiger partial charge is 0.444 e. The van der Waals surface area contributed by atoms with Crippen LogP contribution in [-0.2, 0) is 62.8 Å². The zero-order chi connectivity index (χ0) is 48.2. The standard InChI is InChI=1S/C47H54F7N5O6/c1-11-27-14-13-15-28(12-2)37(27)59-38(32-24-57(44(8,9)39(32)56-59)23-29-16-17-30(46(49,50)51)22-34(29)47(52,53)54)31-18-19-35(48)45(10)33(31)20-21-58(45)42(62)64-25-63-40(60)36(26(3)4)55-41(61)65-43(5,6)7/h13-22,26,33,36H,11-12,23-25H2,1-10H3,(H,55,61)/t33?,36-,45?/m0/s1. The van der Waals surface area contributed by atoms with Gasteiger partial charge in [0.25, 0.3) is 0 Å². The van der Waals surface area contributed by atoms with E-state index in [9.17, 15) is 40.7 Å². The number of carbonyl (C=O) groups is 3. The lowest BCUT2D eigenvalue weighted by molar-refractivity contribution is -0.156. The number of alkyl halides is 6. The molecule has 352 valence electrons. The first-order chi connectivity index (χ1) is 30.1. The number of para-hydroxylation sites is 1. The van der Waals surface area contributed by atoms with Crippen molar-refractivity contribution in [2.24, 2.45) is 11.8 Å². The summed E-state index contributed by atoms with van der Waals surface area (Å²) in [5.41, 5.74) is -2.02. The number of aromatic nitrogens is 2. The van der Waals surface area contributed by atoms with Crippen molar-refractivity contribution < 1.29 is 59.3 Å². The molecule has 1 N–H and O–H groups in total. The summed E-state index contributed by atoms with van der Waals surface area (Å²) in [6, 6.07) is 6.33. The topological polar surface area (TPSA) is 115 Å². The van der Waals surface area contributed by atoms with E-state index in [-0.39, 0.29) is 24.7 Å². The molecule has 2 amide bonds. The van der Waals surface area contributed by atoms with Gasteiger partial charge in [0.1, 0.15) is 23.0 Å². The molecule has 2 unspecified atom stereocenters. The summed E-state index contributed by atoms with van der Waals surface area (Å²) < 4.78 is 118. The van der Waals surface area contributed by atoms with Crippen molar-refractivity contribution in [3.63, 3.8) is 0 Å². The number of hydrogen-bond donors (Lipinski definition) is 1. The number of hydrogen-bond acceptors (Lipinski definition) is 8. The number of ether oxygens (including phenoxy) is 3. The molecule has 0 saturated carbocycles. The molecule has 11 nitrogen and oxygen atoms in total. The Morgan fingerprint density at radius 1 is 0.908 bits per heavy atom. The Bertz CT molecular complexity index is 2420. The Labute approximate surface area is 373 Å². The number of amides is 2. The number of halogens is 7. The van der Waals surface area contributed by atoms with E-state index in [0.29, 0.717) is 41.4 Å². The van der Waals surface area contributed by atoms with Gasteiger partial charge in [-0.05, 0) is 101 Å². The van der Waals surface area contributed by atoms with Crippen molar-refractivity contribution in [3.8, 4) is 5.69 Å². The highest BCUT2D eigenvalue weighted by Crippen LogP contribution is 2.52. The van der Waals surface area contributed by atoms with Crippen LogP contribution in [0.2, 0.25) is 0 Å². The van der Waals surface area contributed by atoms with E-state index in [2.05, 4.69) is 5.32 Å². The molecule has 3 atom stereocenters. The minimum absolute atomic E-state index is 0.0136. The number of aryl methyl sites for hydroxylation is 2. The zero-order valence-electron chi connectivity index (χ0n) is 37.9. The monoisotopic (exact) mass is 917 g/mol. The van der Waals surface area contributed by atoms with Crippen LogP contribution in [0.5, 0.6) is 0 Å². The zero-order valence-corrected chi connectivity index (χ0v) is 37.9. The van der Waals surface area contributed by atoms with Crippen LogP contribution < -0.4 is 5.32 Å². The smallest absolute Gasteiger partial charge is 0.417 e. The molecule has 2 aliphatic heterocycles. The first-order valence-corrected chi connectivity index (χ1v) is 21.3. The Hall–Kier alpha value is -5.65. The summed E-state index contributed by atoms with van der Waals surface area (Å²) in [6.45, 7) is 16.1. The second-order valence-electron chi connectivity index (χ2n) is 18.3. The summed E-state index contributed by atoms with van der Waals surface area (Å²) in [6.07, 6.45) is -4.99. The Kier molecular flexibility index (Phi) is 13.2. The Balaban J connectivity index is 1.35. The molecule has 1 aliphatic carbocycles. The van der Waals surface area contributed by atoms with Crippen molar-refractivity contribution in [1.29, 1.82) is 0 Å². The number of allylic oxidation sites excluding steroid dienone is 2. The number of fused-ring (bicyclic) bond motifs is 2. The third-order valence-corrected chi connectivity index (χ3v) is 12.2. The van der Waals surface area contributed by atoms with E-state index in [1.54, 1.807) is 70.2 Å². The van der Waals surface area contributed by atoms with E-state index in [4.69, 9.17) is 19.3 Å². The molecule has 0 radical (unpaired) electrons. The molecule has 3 aromatic rings. The highest BCUT2D eigenvalue weighted by molar-refractivity contribution is 5.83. The molecular weight excluding hydrogens is 864 g/mol. The minimum Gasteiger partial charge on any atom is -0.444 e. The van der Waals surface area contributed by atoms with Crippen molar-refractivity contribution in [3.05, 3.63) is 111 Å². The Morgan fingerprint density at radius 3 is 2.12 bits per heavy atom. The van der Waals surface area contributed by atoms with Crippen LogP contribution in [0.15, 0.2) is 66.7 Å². The quantitative estimate of drug-likeness (QED) is 0.115. The van der Waals surface area contributed by atoms with Crippen molar-refractivity contribution >= 4 is 23.7 Å². The van der Waals surface area contributed by atoms with Crippen LogP contribution in [0, 0.1) is 11.8 Å². The molecule has 3 heterocycles. The fraction of sp³-hybridized carbons (Fsp3) is 0.489. The molecule has 0 fully saturated rings. The minimum atomic E-state index is -5.08. The number of alkyl carbamates (subject to hydrolysis) is 1. The van der Waals surface area contributed by atoms with Gasteiger partial charge in [-0.1, -0.05) is 64.1 Å². The van der Waals surface area contributed by atoms with Crippen molar-refractivity contribution in [2.45, 2.75) is 130 Å². The highest BCUT2D eigenvalue weighted by Gasteiger charge is 2.54. The van der Waals surface area contributed by atoms with Gasteiger partial charge < -0.3 is 19.5 Å². The SMILES string of the molecule is CCc1cccc(CC)c1-n1nc2c(c1C1=CC=C(F)C3(C)C1C=CN3C(=O)OCOC(=O)[C@@H](NC(=O)OC(C)(C)C)C(C)C)CN(Cc1ccc(C(F)(F)F)cc1C(F)(F)F)C2(C)C. The summed E-state index contributed by atoms with van der Waals surface area (Å²) in [7, 11) is 0. The molecule has 2 aromatic carbocycles. The van der Waals surface area contributed by atoms with Gasteiger partial charge in [-0.3, -0.25) is 9.80 Å². The van der Waals surface area contributed by atoms with Gasteiger partial charge in [0.05, 0.1) is 33.7 Å². The number of nitrogens with zero attached hydrogens (tertiary/aromatic N) is 4. The average Bonchev–Trinajstić information content (AvgIpc) is 3.84. The van der Waals surface area contributed by atoms with Gasteiger partial charge in [-0.15, -0.1) is 0 Å². The molecule has 65 heavy (non-hydrogen) atoms. The predicted molar refractivity (Wildman–Crippen MR) is 227 cm³/mol. The highest BCUT2D eigenvalue weighted by atomic mass is 19.4. The maximum atomic E-state index is 16.4. The number of carbonyl (C=O) groups excluding carboxylic acids is 3. The molecule has 6 rings (SSSR count). The molecule has 18 heteroatoms. The third-order valence-electron chi connectivity index (χ3n) is 12.2. The van der Waals surface area contributed by atoms with Gasteiger partial charge >= 0.3 is 30.5 Å². The van der Waals surface area contributed by atoms with Gasteiger partial charge in [-0.2, -0.15) is 31.4 Å². The van der Waals surface area contributed by atoms with Crippen LogP contribution >= 0.6 is 0 Å². The molecule has 1 aromatic heterocycles. The fourth-order valence-electron chi connectivity index (χ4n) is 8.67. The molecule has 3 aliphatic rings. The van der Waals surface area contributed by atoms with Crippen LogP contribution in [0.4, 0.5) is 40.3 Å². The number of benzene rings is 2. The van der Waals surface area contributed by atoms with Crippen LogP contribution in [0.3, 0.4) is 0 Å². The summed E-state index contributed by atoms with van der Waals surface area (Å²) >= 11 is 0.